The summed E-state index contributed by atoms with van der Waals surface area (Å²) in [6.45, 7) is 4.46. The lowest BCUT2D eigenvalue weighted by molar-refractivity contribution is 0.0686. The second-order valence-corrected chi connectivity index (χ2v) is 11.5. The highest BCUT2D eigenvalue weighted by Crippen LogP contribution is 2.49. The molecule has 4 rings (SSSR count). The SMILES string of the molecule is C/C=C/COc1cc2c(c(F)c1F)CC(C1CCC3CC(CCCCCCC)CCC3C1)CC2. The monoisotopic (exact) mass is 472 g/mol. The highest BCUT2D eigenvalue weighted by atomic mass is 19.2. The molecule has 34 heavy (non-hydrogen) atoms. The molecule has 0 spiro atoms. The number of ether oxygens (including phenoxy) is 1. The molecule has 2 fully saturated rings. The van der Waals surface area contributed by atoms with Gasteiger partial charge < -0.3 is 4.74 Å². The first-order chi connectivity index (χ1) is 16.6. The molecule has 1 aromatic rings. The van der Waals surface area contributed by atoms with Gasteiger partial charge in [-0.1, -0.05) is 64.0 Å². The predicted molar refractivity (Wildman–Crippen MR) is 137 cm³/mol. The highest BCUT2D eigenvalue weighted by Gasteiger charge is 2.39. The molecule has 5 unspecified atom stereocenters. The first-order valence-electron chi connectivity index (χ1n) is 14.3. The largest absolute Gasteiger partial charge is 0.486 e. The number of aryl methyl sites for hydroxylation is 1. The first-order valence-corrected chi connectivity index (χ1v) is 14.3. The molecule has 3 heteroatoms. The molecule has 190 valence electrons. The molecule has 0 aliphatic heterocycles. The minimum absolute atomic E-state index is 0.0652. The van der Waals surface area contributed by atoms with Crippen LogP contribution in [0.1, 0.15) is 108 Å². The summed E-state index contributed by atoms with van der Waals surface area (Å²) in [5.41, 5.74) is 1.58. The van der Waals surface area contributed by atoms with Crippen molar-refractivity contribution >= 4 is 0 Å². The lowest BCUT2D eigenvalue weighted by Crippen LogP contribution is -2.35. The Morgan fingerprint density at radius 2 is 1.62 bits per heavy atom. The van der Waals surface area contributed by atoms with Crippen molar-refractivity contribution in [3.05, 3.63) is 41.0 Å². The molecular weight excluding hydrogens is 426 g/mol. The topological polar surface area (TPSA) is 9.23 Å². The minimum Gasteiger partial charge on any atom is -0.486 e. The van der Waals surface area contributed by atoms with Gasteiger partial charge in [-0.15, -0.1) is 0 Å². The van der Waals surface area contributed by atoms with Crippen molar-refractivity contribution in [1.82, 2.24) is 0 Å². The van der Waals surface area contributed by atoms with Crippen LogP contribution in [0.2, 0.25) is 0 Å². The molecule has 2 saturated carbocycles. The zero-order chi connectivity index (χ0) is 23.9. The van der Waals surface area contributed by atoms with Crippen molar-refractivity contribution in [2.24, 2.45) is 29.6 Å². The molecule has 3 aliphatic carbocycles. The summed E-state index contributed by atoms with van der Waals surface area (Å²) >= 11 is 0. The van der Waals surface area contributed by atoms with Gasteiger partial charge in [-0.3, -0.25) is 0 Å². The summed E-state index contributed by atoms with van der Waals surface area (Å²) in [7, 11) is 0. The standard InChI is InChI=1S/C31H46F2O/c1-3-5-7-8-9-10-22-11-12-24-19-25(14-13-23(24)18-22)26-15-16-27-21-29(34-17-6-4-2)31(33)30(32)28(27)20-26/h4,6,21-26H,3,5,7-20H2,1-2H3/b6-4+. The van der Waals surface area contributed by atoms with Crippen LogP contribution in [0.25, 0.3) is 0 Å². The summed E-state index contributed by atoms with van der Waals surface area (Å²) < 4.78 is 35.1. The van der Waals surface area contributed by atoms with E-state index in [4.69, 9.17) is 4.74 Å². The lowest BCUT2D eigenvalue weighted by atomic mass is 9.60. The average molecular weight is 473 g/mol. The number of halogens is 2. The maximum absolute atomic E-state index is 15.0. The van der Waals surface area contributed by atoms with Gasteiger partial charge in [-0.05, 0) is 105 Å². The van der Waals surface area contributed by atoms with E-state index in [1.807, 2.05) is 19.1 Å². The van der Waals surface area contributed by atoms with E-state index in [1.165, 1.54) is 77.0 Å². The smallest absolute Gasteiger partial charge is 0.200 e. The van der Waals surface area contributed by atoms with Crippen LogP contribution in [0.3, 0.4) is 0 Å². The Kier molecular flexibility index (Phi) is 9.48. The fourth-order valence-corrected chi connectivity index (χ4v) is 7.33. The Hall–Kier alpha value is -1.38. The molecule has 0 saturated heterocycles. The second-order valence-electron chi connectivity index (χ2n) is 11.5. The van der Waals surface area contributed by atoms with E-state index in [1.54, 1.807) is 6.07 Å². The van der Waals surface area contributed by atoms with Gasteiger partial charge >= 0.3 is 0 Å². The van der Waals surface area contributed by atoms with Crippen molar-refractivity contribution in [1.29, 1.82) is 0 Å². The first kappa shape index (κ1) is 25.7. The summed E-state index contributed by atoms with van der Waals surface area (Å²) in [4.78, 5) is 0. The van der Waals surface area contributed by atoms with Crippen LogP contribution in [0, 0.1) is 41.2 Å². The number of benzene rings is 1. The Labute approximate surface area is 206 Å². The summed E-state index contributed by atoms with van der Waals surface area (Å²) in [6, 6.07) is 1.76. The van der Waals surface area contributed by atoms with Crippen LogP contribution in [-0.2, 0) is 12.8 Å². The molecule has 0 radical (unpaired) electrons. The lowest BCUT2D eigenvalue weighted by Gasteiger charge is -2.45. The zero-order valence-electron chi connectivity index (χ0n) is 21.6. The normalized spacial score (nSPS) is 29.1. The van der Waals surface area contributed by atoms with Crippen LogP contribution in [-0.4, -0.2) is 6.61 Å². The van der Waals surface area contributed by atoms with Gasteiger partial charge in [0.1, 0.15) is 6.61 Å². The summed E-state index contributed by atoms with van der Waals surface area (Å²) in [6.07, 6.45) is 23.0. The van der Waals surface area contributed by atoms with Gasteiger partial charge in [0.05, 0.1) is 0 Å². The third-order valence-electron chi connectivity index (χ3n) is 9.33. The van der Waals surface area contributed by atoms with Gasteiger partial charge in [0.15, 0.2) is 11.6 Å². The highest BCUT2D eigenvalue weighted by molar-refractivity contribution is 5.40. The summed E-state index contributed by atoms with van der Waals surface area (Å²) in [5, 5.41) is 0. The number of rotatable bonds is 10. The third-order valence-corrected chi connectivity index (χ3v) is 9.33. The van der Waals surface area contributed by atoms with Crippen LogP contribution in [0.4, 0.5) is 8.78 Å². The van der Waals surface area contributed by atoms with Crippen molar-refractivity contribution in [2.75, 3.05) is 6.61 Å². The van der Waals surface area contributed by atoms with Crippen molar-refractivity contribution < 1.29 is 13.5 Å². The maximum atomic E-state index is 15.0. The van der Waals surface area contributed by atoms with E-state index in [9.17, 15) is 4.39 Å². The van der Waals surface area contributed by atoms with Crippen LogP contribution in [0.15, 0.2) is 18.2 Å². The molecule has 0 amide bonds. The number of unbranched alkanes of at least 4 members (excludes halogenated alkanes) is 4. The molecule has 1 aromatic carbocycles. The Morgan fingerprint density at radius 1 is 0.882 bits per heavy atom. The van der Waals surface area contributed by atoms with E-state index >= 15 is 4.39 Å². The average Bonchev–Trinajstić information content (AvgIpc) is 2.86. The molecular formula is C31H46F2O. The molecule has 5 atom stereocenters. The number of hydrogen-bond acceptors (Lipinski definition) is 1. The van der Waals surface area contributed by atoms with Crippen LogP contribution < -0.4 is 4.74 Å². The van der Waals surface area contributed by atoms with E-state index in [2.05, 4.69) is 6.92 Å². The number of allylic oxidation sites excluding steroid dienone is 1. The van der Waals surface area contributed by atoms with Gasteiger partial charge in [0, 0.05) is 0 Å². The zero-order valence-corrected chi connectivity index (χ0v) is 21.6. The van der Waals surface area contributed by atoms with E-state index in [0.29, 0.717) is 23.8 Å². The van der Waals surface area contributed by atoms with Gasteiger partial charge in [0.2, 0.25) is 5.82 Å². The van der Waals surface area contributed by atoms with Gasteiger partial charge in [-0.2, -0.15) is 4.39 Å². The third kappa shape index (κ3) is 6.24. The number of hydrogen-bond donors (Lipinski definition) is 0. The fourth-order valence-electron chi connectivity index (χ4n) is 7.33. The Balaban J connectivity index is 1.29. The molecule has 0 N–H and O–H groups in total. The Bertz CT molecular complexity index is 816. The van der Waals surface area contributed by atoms with E-state index in [0.717, 1.165) is 36.2 Å². The van der Waals surface area contributed by atoms with E-state index in [-0.39, 0.29) is 12.4 Å². The van der Waals surface area contributed by atoms with Gasteiger partial charge in [-0.25, -0.2) is 4.39 Å². The quantitative estimate of drug-likeness (QED) is 0.243. The molecule has 0 bridgehead atoms. The molecule has 0 aromatic heterocycles. The maximum Gasteiger partial charge on any atom is 0.200 e. The van der Waals surface area contributed by atoms with Crippen LogP contribution >= 0.6 is 0 Å². The predicted octanol–water partition coefficient (Wildman–Crippen LogP) is 9.22. The fraction of sp³-hybridized carbons (Fsp3) is 0.742. The van der Waals surface area contributed by atoms with E-state index < -0.39 is 11.6 Å². The van der Waals surface area contributed by atoms with Crippen molar-refractivity contribution in [3.8, 4) is 5.75 Å². The van der Waals surface area contributed by atoms with Crippen molar-refractivity contribution in [2.45, 2.75) is 110 Å². The van der Waals surface area contributed by atoms with Gasteiger partial charge in [0.25, 0.3) is 0 Å². The summed E-state index contributed by atoms with van der Waals surface area (Å²) in [5.74, 6) is 2.55. The molecule has 3 aliphatic rings. The molecule has 0 heterocycles. The second kappa shape index (κ2) is 12.5. The Morgan fingerprint density at radius 3 is 2.41 bits per heavy atom. The minimum atomic E-state index is -0.805. The number of fused-ring (bicyclic) bond motifs is 2. The van der Waals surface area contributed by atoms with Crippen molar-refractivity contribution in [3.63, 3.8) is 0 Å². The van der Waals surface area contributed by atoms with Crippen LogP contribution in [0.5, 0.6) is 5.75 Å². The molecule has 1 nitrogen and oxygen atoms in total.